The summed E-state index contributed by atoms with van der Waals surface area (Å²) >= 11 is 12.1. The Kier molecular flexibility index (Phi) is 8.60. The molecule has 1 heterocycles. The Bertz CT molecular complexity index is 1650. The number of hydrogen-bond donors (Lipinski definition) is 2. The molecular weight excluding hydrogens is 571 g/mol. The summed E-state index contributed by atoms with van der Waals surface area (Å²) in [5, 5.41) is 3.57. The molecule has 0 aliphatic heterocycles. The van der Waals surface area contributed by atoms with Crippen molar-refractivity contribution in [3.05, 3.63) is 101 Å². The summed E-state index contributed by atoms with van der Waals surface area (Å²) in [6, 6.07) is 21.1. The third kappa shape index (κ3) is 6.86. The minimum Gasteiger partial charge on any atom is -0.320 e. The molecule has 4 rings (SSSR count). The van der Waals surface area contributed by atoms with Gasteiger partial charge in [-0.3, -0.25) is 14.5 Å². The number of hydrogen-bond acceptors (Lipinski definition) is 5. The van der Waals surface area contributed by atoms with Crippen LogP contribution in [0.25, 0.3) is 11.1 Å². The van der Waals surface area contributed by atoms with E-state index in [4.69, 9.17) is 23.2 Å². The summed E-state index contributed by atoms with van der Waals surface area (Å²) < 4.78 is 28.8. The number of anilines is 3. The smallest absolute Gasteiger partial charge is 0.255 e. The van der Waals surface area contributed by atoms with Gasteiger partial charge in [0.2, 0.25) is 16.4 Å². The first kappa shape index (κ1) is 29.2. The third-order valence-corrected chi connectivity index (χ3v) is 7.88. The molecule has 0 aliphatic carbocycles. The largest absolute Gasteiger partial charge is 0.320 e. The maximum absolute atomic E-state index is 13.2. The number of halogens is 2. The maximum atomic E-state index is 13.2. The number of nitrogens with one attached hydrogen (secondary N) is 2. The highest BCUT2D eigenvalue weighted by atomic mass is 35.5. The monoisotopic (exact) mass is 596 g/mol. The molecule has 0 saturated carbocycles. The number of carbonyl (C=O) groups is 2. The summed E-state index contributed by atoms with van der Waals surface area (Å²) in [7, 11) is -3.79. The second kappa shape index (κ2) is 11.8. The molecule has 4 aromatic rings. The van der Waals surface area contributed by atoms with Crippen LogP contribution in [0.1, 0.15) is 31.1 Å². The summed E-state index contributed by atoms with van der Waals surface area (Å²) in [6.07, 6.45) is 1.96. The molecule has 0 fully saturated rings. The Morgan fingerprint density at radius 2 is 1.60 bits per heavy atom. The van der Waals surface area contributed by atoms with Crippen LogP contribution in [0.5, 0.6) is 0 Å². The zero-order valence-corrected chi connectivity index (χ0v) is 24.2. The van der Waals surface area contributed by atoms with Gasteiger partial charge in [0.1, 0.15) is 5.82 Å². The number of pyridine rings is 1. The Balaban J connectivity index is 1.62. The quantitative estimate of drug-likeness (QED) is 0.220. The highest BCUT2D eigenvalue weighted by Crippen LogP contribution is 2.34. The lowest BCUT2D eigenvalue weighted by Crippen LogP contribution is -2.40. The van der Waals surface area contributed by atoms with Crippen molar-refractivity contribution in [2.45, 2.75) is 31.2 Å². The minimum absolute atomic E-state index is 0.137. The van der Waals surface area contributed by atoms with Gasteiger partial charge in [-0.2, -0.15) is 0 Å². The van der Waals surface area contributed by atoms with Crippen LogP contribution < -0.4 is 14.9 Å². The van der Waals surface area contributed by atoms with E-state index in [2.05, 4.69) is 15.0 Å². The van der Waals surface area contributed by atoms with E-state index in [0.717, 1.165) is 0 Å². The average Bonchev–Trinajstić information content (AvgIpc) is 2.90. The van der Waals surface area contributed by atoms with Gasteiger partial charge in [-0.05, 0) is 74.9 Å². The average molecular weight is 598 g/mol. The van der Waals surface area contributed by atoms with Crippen molar-refractivity contribution in [2.24, 2.45) is 0 Å². The first-order valence-electron chi connectivity index (χ1n) is 12.1. The van der Waals surface area contributed by atoms with Crippen LogP contribution in [-0.2, 0) is 14.8 Å². The van der Waals surface area contributed by atoms with E-state index < -0.39 is 21.5 Å². The van der Waals surface area contributed by atoms with Crippen LogP contribution >= 0.6 is 23.2 Å². The van der Waals surface area contributed by atoms with Crippen molar-refractivity contribution in [2.75, 3.05) is 10.2 Å². The van der Waals surface area contributed by atoms with E-state index in [1.165, 1.54) is 17.2 Å². The van der Waals surface area contributed by atoms with Crippen molar-refractivity contribution in [1.82, 2.24) is 9.71 Å². The first-order valence-corrected chi connectivity index (χ1v) is 14.3. The molecule has 2 amide bonds. The van der Waals surface area contributed by atoms with Crippen molar-refractivity contribution in [3.63, 3.8) is 0 Å². The van der Waals surface area contributed by atoms with E-state index >= 15 is 0 Å². The molecule has 0 radical (unpaired) electrons. The van der Waals surface area contributed by atoms with Crippen molar-refractivity contribution >= 4 is 62.7 Å². The highest BCUT2D eigenvalue weighted by Gasteiger charge is 2.25. The van der Waals surface area contributed by atoms with Crippen LogP contribution in [0, 0.1) is 0 Å². The SMILES string of the molecule is CC(C)(C)NS(=O)(=O)c1ccccc1-c1ccc(C(=O)Nc2ccc(Cl)cc2N(C=O)c2ccc(Cl)cn2)cc1. The fourth-order valence-corrected chi connectivity index (χ4v) is 5.88. The molecule has 206 valence electrons. The fourth-order valence-electron chi connectivity index (χ4n) is 3.95. The van der Waals surface area contributed by atoms with Gasteiger partial charge in [-0.15, -0.1) is 0 Å². The second-order valence-electron chi connectivity index (χ2n) is 9.85. The number of sulfonamides is 1. The van der Waals surface area contributed by atoms with Crippen LogP contribution in [0.3, 0.4) is 0 Å². The summed E-state index contributed by atoms with van der Waals surface area (Å²) in [6.45, 7) is 5.31. The zero-order chi connectivity index (χ0) is 29.1. The first-order chi connectivity index (χ1) is 18.9. The fraction of sp³-hybridized carbons (Fsp3) is 0.138. The standard InChI is InChI=1S/C29H26Cl2N4O4S/c1-29(2,3)34-40(38,39)26-7-5-4-6-23(26)19-8-10-20(11-9-19)28(37)33-24-14-12-21(30)16-25(24)35(18-36)27-15-13-22(31)17-32-27/h4-18,34H,1-3H3,(H,33,37). The lowest BCUT2D eigenvalue weighted by Gasteiger charge is -2.21. The molecule has 0 bridgehead atoms. The van der Waals surface area contributed by atoms with E-state index in [-0.39, 0.29) is 10.7 Å². The van der Waals surface area contributed by atoms with Gasteiger partial charge in [0, 0.05) is 27.9 Å². The van der Waals surface area contributed by atoms with Gasteiger partial charge in [-0.25, -0.2) is 18.1 Å². The number of carbonyl (C=O) groups excluding carboxylic acids is 2. The molecule has 0 aliphatic rings. The normalized spacial score (nSPS) is 11.6. The lowest BCUT2D eigenvalue weighted by atomic mass is 10.0. The summed E-state index contributed by atoms with van der Waals surface area (Å²) in [5.74, 6) is -0.156. The molecule has 0 unspecified atom stereocenters. The molecule has 2 N–H and O–H groups in total. The Morgan fingerprint density at radius 1 is 0.925 bits per heavy atom. The predicted octanol–water partition coefficient (Wildman–Crippen LogP) is 6.68. The van der Waals surface area contributed by atoms with E-state index in [1.54, 1.807) is 93.6 Å². The molecule has 1 aromatic heterocycles. The topological polar surface area (TPSA) is 108 Å². The van der Waals surface area contributed by atoms with Gasteiger partial charge in [0.15, 0.2) is 0 Å². The van der Waals surface area contributed by atoms with Crippen molar-refractivity contribution in [3.8, 4) is 11.1 Å². The highest BCUT2D eigenvalue weighted by molar-refractivity contribution is 7.89. The van der Waals surface area contributed by atoms with E-state index in [9.17, 15) is 18.0 Å². The van der Waals surface area contributed by atoms with Gasteiger partial charge in [-0.1, -0.05) is 53.5 Å². The van der Waals surface area contributed by atoms with Crippen LogP contribution in [-0.4, -0.2) is 31.3 Å². The van der Waals surface area contributed by atoms with Gasteiger partial charge in [0.05, 0.1) is 21.3 Å². The van der Waals surface area contributed by atoms with Crippen LogP contribution in [0.15, 0.2) is 90.0 Å². The molecule has 3 aromatic carbocycles. The van der Waals surface area contributed by atoms with Crippen molar-refractivity contribution < 1.29 is 18.0 Å². The van der Waals surface area contributed by atoms with Crippen molar-refractivity contribution in [1.29, 1.82) is 0 Å². The zero-order valence-electron chi connectivity index (χ0n) is 21.9. The summed E-state index contributed by atoms with van der Waals surface area (Å²) in [4.78, 5) is 30.7. The Morgan fingerprint density at radius 3 is 2.23 bits per heavy atom. The van der Waals surface area contributed by atoms with Gasteiger partial charge >= 0.3 is 0 Å². The van der Waals surface area contributed by atoms with E-state index in [0.29, 0.717) is 44.5 Å². The number of nitrogens with zero attached hydrogens (tertiary/aromatic N) is 2. The lowest BCUT2D eigenvalue weighted by molar-refractivity contribution is -0.106. The number of amides is 2. The molecule has 0 saturated heterocycles. The molecular formula is C29H26Cl2N4O4S. The Labute approximate surface area is 243 Å². The van der Waals surface area contributed by atoms with E-state index in [1.807, 2.05) is 0 Å². The number of rotatable bonds is 8. The van der Waals surface area contributed by atoms with Gasteiger partial charge in [0.25, 0.3) is 5.91 Å². The third-order valence-electron chi connectivity index (χ3n) is 5.61. The summed E-state index contributed by atoms with van der Waals surface area (Å²) in [5.41, 5.74) is 1.43. The number of aromatic nitrogens is 1. The van der Waals surface area contributed by atoms with Gasteiger partial charge < -0.3 is 5.32 Å². The molecule has 11 heteroatoms. The molecule has 0 atom stereocenters. The maximum Gasteiger partial charge on any atom is 0.255 e. The Hall–Kier alpha value is -3.76. The van der Waals surface area contributed by atoms with Crippen LogP contribution in [0.2, 0.25) is 10.0 Å². The molecule has 40 heavy (non-hydrogen) atoms. The molecule has 0 spiro atoms. The second-order valence-corrected chi connectivity index (χ2v) is 12.4. The number of benzene rings is 3. The minimum atomic E-state index is -3.79. The van der Waals surface area contributed by atoms with Crippen LogP contribution in [0.4, 0.5) is 17.2 Å². The molecule has 8 nitrogen and oxygen atoms in total. The predicted molar refractivity (Wildman–Crippen MR) is 159 cm³/mol.